The molecule has 0 saturated carbocycles. The predicted molar refractivity (Wildman–Crippen MR) is 97.5 cm³/mol. The first-order chi connectivity index (χ1) is 12.2. The summed E-state index contributed by atoms with van der Waals surface area (Å²) in [6.45, 7) is 2.06. The van der Waals surface area contributed by atoms with Gasteiger partial charge in [-0.2, -0.15) is 0 Å². The van der Waals surface area contributed by atoms with Crippen molar-refractivity contribution in [3.8, 4) is 16.9 Å². The van der Waals surface area contributed by atoms with Crippen molar-refractivity contribution in [1.29, 1.82) is 0 Å². The Labute approximate surface area is 146 Å². The van der Waals surface area contributed by atoms with Gasteiger partial charge in [0.05, 0.1) is 24.3 Å². The van der Waals surface area contributed by atoms with Gasteiger partial charge in [0.15, 0.2) is 11.6 Å². The van der Waals surface area contributed by atoms with Gasteiger partial charge in [-0.3, -0.25) is 4.98 Å². The predicted octanol–water partition coefficient (Wildman–Crippen LogP) is 4.43. The monoisotopic (exact) mass is 337 g/mol. The highest BCUT2D eigenvalue weighted by atomic mass is 19.1. The second-order valence-corrected chi connectivity index (χ2v) is 6.33. The molecule has 4 rings (SSSR count). The van der Waals surface area contributed by atoms with Crippen molar-refractivity contribution in [3.05, 3.63) is 48.4 Å². The lowest BCUT2D eigenvalue weighted by molar-refractivity contribution is 0.386. The lowest BCUT2D eigenvalue weighted by atomic mass is 10.0. The Hall–Kier alpha value is -2.69. The topological polar surface area (TPSA) is 38.2 Å². The van der Waals surface area contributed by atoms with Gasteiger partial charge in [-0.05, 0) is 54.7 Å². The van der Waals surface area contributed by atoms with Gasteiger partial charge >= 0.3 is 0 Å². The largest absolute Gasteiger partial charge is 0.494 e. The van der Waals surface area contributed by atoms with Gasteiger partial charge in [0.2, 0.25) is 0 Å². The quantitative estimate of drug-likeness (QED) is 0.708. The van der Waals surface area contributed by atoms with Crippen molar-refractivity contribution < 1.29 is 9.13 Å². The van der Waals surface area contributed by atoms with Crippen LogP contribution in [0.3, 0.4) is 0 Å². The zero-order valence-electron chi connectivity index (χ0n) is 14.2. The zero-order valence-corrected chi connectivity index (χ0v) is 14.2. The number of hydrogen-bond acceptors (Lipinski definition) is 4. The van der Waals surface area contributed by atoms with Crippen molar-refractivity contribution >= 4 is 16.9 Å². The van der Waals surface area contributed by atoms with Crippen LogP contribution in [0.2, 0.25) is 0 Å². The van der Waals surface area contributed by atoms with E-state index in [0.29, 0.717) is 0 Å². The molecule has 0 unspecified atom stereocenters. The summed E-state index contributed by atoms with van der Waals surface area (Å²) in [5.74, 6) is 0.801. The molecule has 0 spiro atoms. The van der Waals surface area contributed by atoms with Crippen molar-refractivity contribution in [2.45, 2.75) is 19.3 Å². The molecule has 1 fully saturated rings. The number of ether oxygens (including phenoxy) is 1. The maximum Gasteiger partial charge on any atom is 0.165 e. The molecule has 4 nitrogen and oxygen atoms in total. The highest BCUT2D eigenvalue weighted by Crippen LogP contribution is 2.28. The standard InChI is InChI=1S/C20H20FN3O/c1-25-19-8-6-14(11-16(19)21)15-5-7-17-18(12-15)23-20(13-22-17)24-9-3-2-4-10-24/h5-8,11-13H,2-4,9-10H2,1H3. The number of halogens is 1. The number of hydrogen-bond donors (Lipinski definition) is 0. The molecule has 1 aromatic heterocycles. The molecule has 0 amide bonds. The molecular weight excluding hydrogens is 317 g/mol. The van der Waals surface area contributed by atoms with Gasteiger partial charge in [0.25, 0.3) is 0 Å². The van der Waals surface area contributed by atoms with Gasteiger partial charge in [0.1, 0.15) is 5.82 Å². The summed E-state index contributed by atoms with van der Waals surface area (Å²) in [7, 11) is 1.46. The van der Waals surface area contributed by atoms with E-state index in [-0.39, 0.29) is 11.6 Å². The molecule has 5 heteroatoms. The van der Waals surface area contributed by atoms with Gasteiger partial charge < -0.3 is 9.64 Å². The SMILES string of the molecule is COc1ccc(-c2ccc3ncc(N4CCCCC4)nc3c2)cc1F. The molecule has 1 aliphatic rings. The van der Waals surface area contributed by atoms with E-state index in [0.717, 1.165) is 41.1 Å². The molecule has 128 valence electrons. The minimum Gasteiger partial charge on any atom is -0.494 e. The maximum atomic E-state index is 14.0. The summed E-state index contributed by atoms with van der Waals surface area (Å²) in [4.78, 5) is 11.6. The first-order valence-corrected chi connectivity index (χ1v) is 8.60. The summed E-state index contributed by atoms with van der Waals surface area (Å²) in [6.07, 6.45) is 5.53. The summed E-state index contributed by atoms with van der Waals surface area (Å²) in [6, 6.07) is 10.8. The van der Waals surface area contributed by atoms with Crippen LogP contribution in [0.4, 0.5) is 10.2 Å². The molecule has 3 aromatic rings. The number of piperidine rings is 1. The third-order valence-electron chi connectivity index (χ3n) is 4.69. The number of benzene rings is 2. The van der Waals surface area contributed by atoms with Crippen LogP contribution in [0.15, 0.2) is 42.6 Å². The zero-order chi connectivity index (χ0) is 17.2. The van der Waals surface area contributed by atoms with Crippen molar-refractivity contribution in [2.75, 3.05) is 25.1 Å². The number of aromatic nitrogens is 2. The summed E-state index contributed by atoms with van der Waals surface area (Å²) in [5, 5.41) is 0. The molecule has 1 aliphatic heterocycles. The smallest absolute Gasteiger partial charge is 0.165 e. The second-order valence-electron chi connectivity index (χ2n) is 6.33. The fraction of sp³-hybridized carbons (Fsp3) is 0.300. The van der Waals surface area contributed by atoms with Crippen LogP contribution in [-0.4, -0.2) is 30.2 Å². The molecule has 0 aliphatic carbocycles. The lowest BCUT2D eigenvalue weighted by Crippen LogP contribution is -2.30. The van der Waals surface area contributed by atoms with Crippen LogP contribution in [0.5, 0.6) is 5.75 Å². The molecule has 0 N–H and O–H groups in total. The first-order valence-electron chi connectivity index (χ1n) is 8.60. The van der Waals surface area contributed by atoms with Crippen LogP contribution in [0.25, 0.3) is 22.2 Å². The van der Waals surface area contributed by atoms with Crippen LogP contribution in [0, 0.1) is 5.82 Å². The van der Waals surface area contributed by atoms with Crippen LogP contribution < -0.4 is 9.64 Å². The minimum atomic E-state index is -0.367. The third-order valence-corrected chi connectivity index (χ3v) is 4.69. The van der Waals surface area contributed by atoms with Crippen LogP contribution in [0.1, 0.15) is 19.3 Å². The summed E-state index contributed by atoms with van der Waals surface area (Å²) >= 11 is 0. The molecule has 0 bridgehead atoms. The van der Waals surface area contributed by atoms with Crippen LogP contribution in [-0.2, 0) is 0 Å². The highest BCUT2D eigenvalue weighted by Gasteiger charge is 2.13. The minimum absolute atomic E-state index is 0.247. The van der Waals surface area contributed by atoms with E-state index in [2.05, 4.69) is 9.88 Å². The fourth-order valence-electron chi connectivity index (χ4n) is 3.30. The first kappa shape index (κ1) is 15.8. The van der Waals surface area contributed by atoms with Crippen molar-refractivity contribution in [3.63, 3.8) is 0 Å². The average molecular weight is 337 g/mol. The lowest BCUT2D eigenvalue weighted by Gasteiger charge is -2.27. The number of rotatable bonds is 3. The Balaban J connectivity index is 1.72. The number of anilines is 1. The van der Waals surface area contributed by atoms with E-state index < -0.39 is 0 Å². The van der Waals surface area contributed by atoms with E-state index in [4.69, 9.17) is 9.72 Å². The Morgan fingerprint density at radius 1 is 0.960 bits per heavy atom. The number of nitrogens with zero attached hydrogens (tertiary/aromatic N) is 3. The van der Waals surface area contributed by atoms with Gasteiger partial charge in [0, 0.05) is 13.1 Å². The van der Waals surface area contributed by atoms with E-state index in [1.54, 1.807) is 6.07 Å². The molecule has 25 heavy (non-hydrogen) atoms. The molecule has 2 aromatic carbocycles. The normalized spacial score (nSPS) is 14.7. The Bertz CT molecular complexity index is 907. The molecule has 0 atom stereocenters. The maximum absolute atomic E-state index is 14.0. The van der Waals surface area contributed by atoms with Crippen molar-refractivity contribution in [1.82, 2.24) is 9.97 Å². The Morgan fingerprint density at radius 3 is 2.48 bits per heavy atom. The van der Waals surface area contributed by atoms with Crippen LogP contribution >= 0.6 is 0 Å². The number of fused-ring (bicyclic) bond motifs is 1. The van der Waals surface area contributed by atoms with E-state index in [1.807, 2.05) is 30.5 Å². The van der Waals surface area contributed by atoms with E-state index in [1.165, 1.54) is 32.4 Å². The summed E-state index contributed by atoms with van der Waals surface area (Å²) < 4.78 is 19.0. The fourth-order valence-corrected chi connectivity index (χ4v) is 3.30. The molecule has 2 heterocycles. The van der Waals surface area contributed by atoms with E-state index in [9.17, 15) is 4.39 Å². The highest BCUT2D eigenvalue weighted by molar-refractivity contribution is 5.82. The Kier molecular flexibility index (Phi) is 4.22. The van der Waals surface area contributed by atoms with Crippen molar-refractivity contribution in [2.24, 2.45) is 0 Å². The molecule has 0 radical (unpaired) electrons. The number of methoxy groups -OCH3 is 1. The van der Waals surface area contributed by atoms with Gasteiger partial charge in [-0.15, -0.1) is 0 Å². The average Bonchev–Trinajstić information content (AvgIpc) is 2.67. The summed E-state index contributed by atoms with van der Waals surface area (Å²) in [5.41, 5.74) is 3.39. The second kappa shape index (κ2) is 6.67. The third kappa shape index (κ3) is 3.14. The van der Waals surface area contributed by atoms with Gasteiger partial charge in [-0.25, -0.2) is 9.37 Å². The molecular formula is C20H20FN3O. The van der Waals surface area contributed by atoms with E-state index >= 15 is 0 Å². The molecule has 1 saturated heterocycles. The van der Waals surface area contributed by atoms with Gasteiger partial charge in [-0.1, -0.05) is 12.1 Å². The Morgan fingerprint density at radius 2 is 1.72 bits per heavy atom.